The number of aliphatic hydroxyl groups excluding tert-OH is 1. The summed E-state index contributed by atoms with van der Waals surface area (Å²) in [5.74, 6) is 0. The average Bonchev–Trinajstić information content (AvgIpc) is 3.02. The van der Waals surface area contributed by atoms with Crippen LogP contribution in [-0.2, 0) is 0 Å². The molecule has 3 aromatic rings. The van der Waals surface area contributed by atoms with Gasteiger partial charge in [0.2, 0.25) is 0 Å². The number of fused-ring (bicyclic) bond motifs is 3. The maximum Gasteiger partial charge on any atom is 0.273 e. The number of anilines is 1. The van der Waals surface area contributed by atoms with Crippen molar-refractivity contribution in [2.45, 2.75) is 20.3 Å². The zero-order valence-electron chi connectivity index (χ0n) is 14.3. The predicted octanol–water partition coefficient (Wildman–Crippen LogP) is 3.84. The van der Waals surface area contributed by atoms with Crippen LogP contribution in [0.3, 0.4) is 0 Å². The second-order valence-corrected chi connectivity index (χ2v) is 6.55. The van der Waals surface area contributed by atoms with Crippen molar-refractivity contribution in [2.75, 3.05) is 18.5 Å². The van der Waals surface area contributed by atoms with Gasteiger partial charge >= 0.3 is 0 Å². The highest BCUT2D eigenvalue weighted by Gasteiger charge is 2.14. The number of hydrogen-bond acceptors (Lipinski definition) is 5. The third kappa shape index (κ3) is 3.23. The van der Waals surface area contributed by atoms with Gasteiger partial charge in [-0.1, -0.05) is 19.1 Å². The van der Waals surface area contributed by atoms with Crippen LogP contribution in [0.4, 0.5) is 5.69 Å². The van der Waals surface area contributed by atoms with Crippen LogP contribution in [0.1, 0.15) is 20.3 Å². The molecule has 0 saturated carbocycles. The van der Waals surface area contributed by atoms with Gasteiger partial charge in [0, 0.05) is 41.1 Å². The van der Waals surface area contributed by atoms with Crippen molar-refractivity contribution in [3.05, 3.63) is 53.1 Å². The van der Waals surface area contributed by atoms with Gasteiger partial charge in [0.1, 0.15) is 9.53 Å². The van der Waals surface area contributed by atoms with Crippen LogP contribution in [0.25, 0.3) is 26.0 Å². The molecule has 0 aromatic carbocycles. The van der Waals surface area contributed by atoms with Crippen LogP contribution in [0, 0.1) is 0 Å². The smallest absolute Gasteiger partial charge is 0.273 e. The summed E-state index contributed by atoms with van der Waals surface area (Å²) in [4.78, 5) is 18.2. The first kappa shape index (κ1) is 17.4. The second-order valence-electron chi connectivity index (χ2n) is 5.55. The fourth-order valence-corrected chi connectivity index (χ4v) is 3.88. The van der Waals surface area contributed by atoms with Gasteiger partial charge < -0.3 is 10.4 Å². The lowest BCUT2D eigenvalue weighted by Gasteiger charge is -2.08. The summed E-state index contributed by atoms with van der Waals surface area (Å²) in [5, 5.41) is 14.1. The van der Waals surface area contributed by atoms with Crippen LogP contribution in [-0.4, -0.2) is 27.8 Å². The molecular weight excluding hydrogens is 334 g/mol. The fraction of sp³-hybridized carbons (Fsp3) is 0.263. The molecule has 5 nitrogen and oxygen atoms in total. The van der Waals surface area contributed by atoms with E-state index in [1.54, 1.807) is 10.8 Å². The highest BCUT2D eigenvalue weighted by atomic mass is 32.1. The summed E-state index contributed by atoms with van der Waals surface area (Å²) in [7, 11) is 0. The normalized spacial score (nSPS) is 12.5. The van der Waals surface area contributed by atoms with Gasteiger partial charge in [-0.2, -0.15) is 0 Å². The van der Waals surface area contributed by atoms with Gasteiger partial charge in [-0.05, 0) is 31.6 Å². The number of aromatic nitrogens is 2. The molecule has 0 aliphatic heterocycles. The number of pyridine rings is 2. The number of nitrogens with zero attached hydrogens (tertiary/aromatic N) is 2. The first-order chi connectivity index (χ1) is 12.2. The number of rotatable bonds is 6. The number of hydrogen-bond donors (Lipinski definition) is 2. The Morgan fingerprint density at radius 3 is 3.00 bits per heavy atom. The Bertz CT molecular complexity index is 1010. The average molecular weight is 355 g/mol. The van der Waals surface area contributed by atoms with Crippen LogP contribution in [0.5, 0.6) is 0 Å². The van der Waals surface area contributed by atoms with Gasteiger partial charge in [0.05, 0.1) is 6.61 Å². The molecule has 0 atom stereocenters. The standard InChI is InChI=1S/C19H21N3O2S/c1-3-5-6-13(4-2)22-11-8-14-16-15(20-10-12-23)7-9-21-18(16)25-17(14)19(22)24/h4-9,11,23H,3,10,12H2,1-2H3,(H,20,21)/b6-5-,13-4+. The molecular formula is C19H21N3O2S. The molecule has 0 aliphatic carbocycles. The van der Waals surface area contributed by atoms with E-state index in [-0.39, 0.29) is 12.2 Å². The van der Waals surface area contributed by atoms with E-state index >= 15 is 0 Å². The van der Waals surface area contributed by atoms with E-state index in [0.717, 1.165) is 33.4 Å². The van der Waals surface area contributed by atoms with Crippen molar-refractivity contribution in [3.63, 3.8) is 0 Å². The summed E-state index contributed by atoms with van der Waals surface area (Å²) < 4.78 is 2.36. The van der Waals surface area contributed by atoms with E-state index in [0.29, 0.717) is 11.2 Å². The maximum absolute atomic E-state index is 13.0. The Labute approximate surface area is 149 Å². The lowest BCUT2D eigenvalue weighted by molar-refractivity contribution is 0.311. The molecule has 0 bridgehead atoms. The summed E-state index contributed by atoms with van der Waals surface area (Å²) in [6, 6.07) is 3.84. The predicted molar refractivity (Wildman–Crippen MR) is 106 cm³/mol. The Hall–Kier alpha value is -2.44. The molecule has 3 heterocycles. The summed E-state index contributed by atoms with van der Waals surface area (Å²) >= 11 is 1.40. The van der Waals surface area contributed by atoms with Crippen molar-refractivity contribution >= 4 is 43.0 Å². The van der Waals surface area contributed by atoms with E-state index in [4.69, 9.17) is 5.11 Å². The maximum atomic E-state index is 13.0. The lowest BCUT2D eigenvalue weighted by Crippen LogP contribution is -2.17. The SMILES string of the molecule is C/C=C(\C=C/CC)n1ccc2c(sc3nccc(NCCO)c32)c1=O. The first-order valence-corrected chi connectivity index (χ1v) is 9.13. The lowest BCUT2D eigenvalue weighted by atomic mass is 10.2. The molecule has 3 rings (SSSR count). The van der Waals surface area contributed by atoms with Crippen LogP contribution < -0.4 is 10.9 Å². The van der Waals surface area contributed by atoms with Crippen molar-refractivity contribution in [3.8, 4) is 0 Å². The fourth-order valence-electron chi connectivity index (χ4n) is 2.78. The van der Waals surface area contributed by atoms with Gasteiger partial charge in [0.15, 0.2) is 0 Å². The van der Waals surface area contributed by atoms with Gasteiger partial charge in [-0.25, -0.2) is 4.98 Å². The third-order valence-corrected chi connectivity index (χ3v) is 5.06. The third-order valence-electron chi connectivity index (χ3n) is 3.96. The van der Waals surface area contributed by atoms with E-state index < -0.39 is 0 Å². The minimum absolute atomic E-state index is 0.0394. The van der Waals surface area contributed by atoms with Crippen molar-refractivity contribution in [1.82, 2.24) is 9.55 Å². The monoisotopic (exact) mass is 355 g/mol. The second kappa shape index (κ2) is 7.63. The van der Waals surface area contributed by atoms with E-state index in [9.17, 15) is 4.79 Å². The molecule has 0 radical (unpaired) electrons. The number of nitrogens with one attached hydrogen (secondary N) is 1. The molecule has 0 spiro atoms. The summed E-state index contributed by atoms with van der Waals surface area (Å²) in [6.07, 6.45) is 10.4. The van der Waals surface area contributed by atoms with Gasteiger partial charge in [-0.3, -0.25) is 9.36 Å². The topological polar surface area (TPSA) is 67.2 Å². The minimum atomic E-state index is -0.0394. The Morgan fingerprint density at radius 1 is 1.44 bits per heavy atom. The van der Waals surface area contributed by atoms with Crippen LogP contribution in [0.2, 0.25) is 0 Å². The molecule has 0 saturated heterocycles. The van der Waals surface area contributed by atoms with Crippen molar-refractivity contribution in [2.24, 2.45) is 0 Å². The molecule has 6 heteroatoms. The zero-order valence-corrected chi connectivity index (χ0v) is 15.1. The summed E-state index contributed by atoms with van der Waals surface area (Å²) in [5.41, 5.74) is 1.71. The largest absolute Gasteiger partial charge is 0.395 e. The molecule has 3 aromatic heterocycles. The minimum Gasteiger partial charge on any atom is -0.395 e. The molecule has 25 heavy (non-hydrogen) atoms. The number of allylic oxidation sites excluding steroid dienone is 4. The molecule has 0 aliphatic rings. The zero-order chi connectivity index (χ0) is 17.8. The Morgan fingerprint density at radius 2 is 2.28 bits per heavy atom. The molecule has 130 valence electrons. The van der Waals surface area contributed by atoms with Crippen LogP contribution in [0.15, 0.2) is 47.5 Å². The van der Waals surface area contributed by atoms with E-state index in [1.165, 1.54) is 11.3 Å². The molecule has 2 N–H and O–H groups in total. The van der Waals surface area contributed by atoms with Gasteiger partial charge in [-0.15, -0.1) is 11.3 Å². The Balaban J connectivity index is 2.22. The summed E-state index contributed by atoms with van der Waals surface area (Å²) in [6.45, 7) is 4.49. The highest BCUT2D eigenvalue weighted by Crippen LogP contribution is 2.35. The molecule has 0 unspecified atom stereocenters. The van der Waals surface area contributed by atoms with E-state index in [1.807, 2.05) is 43.5 Å². The molecule has 0 amide bonds. The number of thiophene rings is 1. The first-order valence-electron chi connectivity index (χ1n) is 8.32. The highest BCUT2D eigenvalue weighted by molar-refractivity contribution is 7.25. The van der Waals surface area contributed by atoms with E-state index in [2.05, 4.69) is 17.2 Å². The molecule has 0 fully saturated rings. The van der Waals surface area contributed by atoms with Crippen LogP contribution >= 0.6 is 11.3 Å². The Kier molecular flexibility index (Phi) is 5.31. The number of aliphatic hydroxyl groups is 1. The van der Waals surface area contributed by atoms with Crippen molar-refractivity contribution < 1.29 is 5.11 Å². The quantitative estimate of drug-likeness (QED) is 0.659. The van der Waals surface area contributed by atoms with Crippen molar-refractivity contribution in [1.29, 1.82) is 0 Å². The van der Waals surface area contributed by atoms with Gasteiger partial charge in [0.25, 0.3) is 5.56 Å².